The van der Waals surface area contributed by atoms with Gasteiger partial charge >= 0.3 is 5.97 Å². The molecule has 0 aliphatic carbocycles. The number of aryl methyl sites for hydroxylation is 1. The maximum atomic E-state index is 12.4. The van der Waals surface area contributed by atoms with Gasteiger partial charge in [-0.2, -0.15) is 0 Å². The Balaban J connectivity index is 1.79. The van der Waals surface area contributed by atoms with Crippen molar-refractivity contribution in [3.63, 3.8) is 0 Å². The second-order valence-electron chi connectivity index (χ2n) is 7.92. The fourth-order valence-corrected chi connectivity index (χ4v) is 4.78. The Morgan fingerprint density at radius 2 is 1.94 bits per heavy atom. The van der Waals surface area contributed by atoms with Crippen molar-refractivity contribution in [2.24, 2.45) is 0 Å². The third kappa shape index (κ3) is 4.43. The molecule has 1 saturated heterocycles. The number of hydrogen-bond acceptors (Lipinski definition) is 5. The molecular formula is C25H28N4O3S. The van der Waals surface area contributed by atoms with Gasteiger partial charge in [-0.3, -0.25) is 9.78 Å². The molecule has 0 saturated carbocycles. The second-order valence-corrected chi connectivity index (χ2v) is 8.31. The Kier molecular flexibility index (Phi) is 6.65. The molecule has 1 fully saturated rings. The van der Waals surface area contributed by atoms with E-state index in [1.165, 1.54) is 0 Å². The zero-order chi connectivity index (χ0) is 23.5. The number of carbonyl (C=O) groups is 1. The first-order valence-electron chi connectivity index (χ1n) is 10.9. The molecule has 172 valence electrons. The summed E-state index contributed by atoms with van der Waals surface area (Å²) in [6.07, 6.45) is 1.77. The minimum Gasteiger partial charge on any atom is -0.497 e. The van der Waals surface area contributed by atoms with Crippen LogP contribution >= 0.6 is 12.2 Å². The summed E-state index contributed by atoms with van der Waals surface area (Å²) in [7, 11) is 1.66. The van der Waals surface area contributed by atoms with Crippen molar-refractivity contribution in [1.29, 1.82) is 0 Å². The quantitative estimate of drug-likeness (QED) is 0.418. The van der Waals surface area contributed by atoms with E-state index in [9.17, 15) is 4.79 Å². The van der Waals surface area contributed by atoms with Crippen LogP contribution in [0, 0.1) is 13.8 Å². The number of esters is 1. The summed E-state index contributed by atoms with van der Waals surface area (Å²) in [5, 5.41) is 3.90. The fraction of sp³-hybridized carbons (Fsp3) is 0.320. The summed E-state index contributed by atoms with van der Waals surface area (Å²) < 4.78 is 12.7. The molecule has 2 aromatic heterocycles. The molecule has 3 aromatic rings. The summed E-state index contributed by atoms with van der Waals surface area (Å²) in [6, 6.07) is 15.5. The molecular weight excluding hydrogens is 436 g/mol. The average Bonchev–Trinajstić information content (AvgIpc) is 3.29. The Bertz CT molecular complexity index is 1140. The number of nitrogens with one attached hydrogen (secondary N) is 1. The normalized spacial score (nSPS) is 17.7. The molecule has 8 heteroatoms. The minimum absolute atomic E-state index is 0.0693. The van der Waals surface area contributed by atoms with E-state index in [4.69, 9.17) is 21.7 Å². The maximum Gasteiger partial charge on any atom is 0.325 e. The van der Waals surface area contributed by atoms with E-state index in [2.05, 4.69) is 34.8 Å². The zero-order valence-electron chi connectivity index (χ0n) is 19.2. The van der Waals surface area contributed by atoms with Gasteiger partial charge in [-0.15, -0.1) is 0 Å². The number of methoxy groups -OCH3 is 1. The van der Waals surface area contributed by atoms with Crippen LogP contribution in [0.25, 0.3) is 5.69 Å². The Labute approximate surface area is 199 Å². The first kappa shape index (κ1) is 22.8. The van der Waals surface area contributed by atoms with E-state index < -0.39 is 0 Å². The van der Waals surface area contributed by atoms with E-state index in [1.54, 1.807) is 20.2 Å². The van der Waals surface area contributed by atoms with E-state index in [0.29, 0.717) is 11.7 Å². The molecule has 0 radical (unpaired) electrons. The number of hydrogen-bond donors (Lipinski definition) is 1. The lowest BCUT2D eigenvalue weighted by atomic mass is 9.97. The number of rotatable bonds is 7. The van der Waals surface area contributed by atoms with Crippen molar-refractivity contribution in [1.82, 2.24) is 19.8 Å². The van der Waals surface area contributed by atoms with Gasteiger partial charge in [0.2, 0.25) is 0 Å². The third-order valence-corrected chi connectivity index (χ3v) is 6.27. The molecule has 0 bridgehead atoms. The van der Waals surface area contributed by atoms with Crippen LogP contribution in [-0.4, -0.2) is 45.8 Å². The van der Waals surface area contributed by atoms with E-state index in [0.717, 1.165) is 34.1 Å². The molecule has 3 heterocycles. The number of carbonyl (C=O) groups excluding carboxylic acids is 1. The van der Waals surface area contributed by atoms with Crippen LogP contribution in [0.4, 0.5) is 0 Å². The van der Waals surface area contributed by atoms with Crippen molar-refractivity contribution in [2.45, 2.75) is 32.9 Å². The number of aromatic nitrogens is 2. The van der Waals surface area contributed by atoms with Gasteiger partial charge in [0.1, 0.15) is 12.3 Å². The third-order valence-electron chi connectivity index (χ3n) is 5.92. The van der Waals surface area contributed by atoms with Gasteiger partial charge < -0.3 is 24.3 Å². The summed E-state index contributed by atoms with van der Waals surface area (Å²) in [5.74, 6) is 0.500. The number of thiocarbonyl (C=S) groups is 1. The molecule has 2 atom stereocenters. The van der Waals surface area contributed by atoms with Gasteiger partial charge in [0, 0.05) is 23.3 Å². The van der Waals surface area contributed by atoms with Gasteiger partial charge in [-0.1, -0.05) is 6.07 Å². The second kappa shape index (κ2) is 9.62. The number of benzene rings is 1. The summed E-state index contributed by atoms with van der Waals surface area (Å²) in [6.45, 7) is 6.36. The minimum atomic E-state index is -0.308. The van der Waals surface area contributed by atoms with Gasteiger partial charge in [-0.05, 0) is 81.0 Å². The van der Waals surface area contributed by atoms with Gasteiger partial charge in [-0.25, -0.2) is 0 Å². The predicted molar refractivity (Wildman–Crippen MR) is 131 cm³/mol. The van der Waals surface area contributed by atoms with Crippen LogP contribution in [0.2, 0.25) is 0 Å². The van der Waals surface area contributed by atoms with Gasteiger partial charge in [0.15, 0.2) is 5.11 Å². The lowest BCUT2D eigenvalue weighted by Gasteiger charge is -2.27. The first-order chi connectivity index (χ1) is 15.9. The summed E-state index contributed by atoms with van der Waals surface area (Å²) in [5.41, 5.74) is 5.14. The highest BCUT2D eigenvalue weighted by atomic mass is 32.1. The molecule has 7 nitrogen and oxygen atoms in total. The van der Waals surface area contributed by atoms with Crippen molar-refractivity contribution < 1.29 is 14.3 Å². The zero-order valence-corrected chi connectivity index (χ0v) is 20.1. The topological polar surface area (TPSA) is 68.6 Å². The lowest BCUT2D eigenvalue weighted by molar-refractivity contribution is -0.143. The Morgan fingerprint density at radius 3 is 2.58 bits per heavy atom. The average molecular weight is 465 g/mol. The van der Waals surface area contributed by atoms with E-state index >= 15 is 0 Å². The van der Waals surface area contributed by atoms with Crippen molar-refractivity contribution >= 4 is 23.3 Å². The van der Waals surface area contributed by atoms with Crippen LogP contribution in [-0.2, 0) is 9.53 Å². The largest absolute Gasteiger partial charge is 0.497 e. The molecule has 1 aliphatic heterocycles. The summed E-state index contributed by atoms with van der Waals surface area (Å²) in [4.78, 5) is 18.9. The van der Waals surface area contributed by atoms with Crippen molar-refractivity contribution in [2.75, 3.05) is 20.3 Å². The molecule has 1 N–H and O–H groups in total. The monoisotopic (exact) mass is 464 g/mol. The van der Waals surface area contributed by atoms with Crippen LogP contribution < -0.4 is 10.1 Å². The standard InChI is InChI=1S/C25H28N4O3S/c1-5-32-22(30)15-28-24(23(27-25(28)33)21-8-6-7-13-26-21)20-14-16(2)29(17(20)3)18-9-11-19(31-4)12-10-18/h6-14,23-24H,5,15H2,1-4H3,(H,27,33)/t23-,24-/m0/s1. The SMILES string of the molecule is CCOC(=O)CN1C(=S)N[C@@H](c2ccccn2)[C@@H]1c1cc(C)n(-c2ccc(OC)cc2)c1C. The van der Waals surface area contributed by atoms with Crippen LogP contribution in [0.15, 0.2) is 54.7 Å². The van der Waals surface area contributed by atoms with Crippen LogP contribution in [0.5, 0.6) is 5.75 Å². The fourth-order valence-electron chi connectivity index (χ4n) is 4.48. The number of pyridine rings is 1. The molecule has 4 rings (SSSR count). The van der Waals surface area contributed by atoms with Crippen LogP contribution in [0.1, 0.15) is 41.7 Å². The first-order valence-corrected chi connectivity index (χ1v) is 11.3. The highest BCUT2D eigenvalue weighted by molar-refractivity contribution is 7.80. The highest BCUT2D eigenvalue weighted by Gasteiger charge is 2.42. The van der Waals surface area contributed by atoms with Crippen molar-refractivity contribution in [3.05, 3.63) is 77.4 Å². The van der Waals surface area contributed by atoms with Gasteiger partial charge in [0.05, 0.1) is 31.5 Å². The summed E-state index contributed by atoms with van der Waals surface area (Å²) >= 11 is 5.66. The molecule has 0 unspecified atom stereocenters. The Hall–Kier alpha value is -3.39. The number of nitrogens with zero attached hydrogens (tertiary/aromatic N) is 3. The van der Waals surface area contributed by atoms with E-state index in [-0.39, 0.29) is 24.6 Å². The highest BCUT2D eigenvalue weighted by Crippen LogP contribution is 2.41. The smallest absolute Gasteiger partial charge is 0.325 e. The molecule has 1 aromatic carbocycles. The molecule has 1 aliphatic rings. The lowest BCUT2D eigenvalue weighted by Crippen LogP contribution is -2.35. The van der Waals surface area contributed by atoms with Crippen molar-refractivity contribution in [3.8, 4) is 11.4 Å². The Morgan fingerprint density at radius 1 is 1.18 bits per heavy atom. The maximum absolute atomic E-state index is 12.4. The molecule has 0 amide bonds. The van der Waals surface area contributed by atoms with E-state index in [1.807, 2.05) is 47.4 Å². The predicted octanol–water partition coefficient (Wildman–Crippen LogP) is 4.03. The molecule has 0 spiro atoms. The van der Waals surface area contributed by atoms with Crippen LogP contribution in [0.3, 0.4) is 0 Å². The number of ether oxygens (including phenoxy) is 2. The van der Waals surface area contributed by atoms with Gasteiger partial charge in [0.25, 0.3) is 0 Å². The molecule has 33 heavy (non-hydrogen) atoms.